The molecule has 0 aromatic heterocycles. The van der Waals surface area contributed by atoms with Crippen LogP contribution in [0.3, 0.4) is 0 Å². The van der Waals surface area contributed by atoms with Crippen molar-refractivity contribution < 1.29 is 0 Å². The molecule has 0 saturated carbocycles. The molecule has 0 spiro atoms. The molecule has 19 heavy (non-hydrogen) atoms. The molecule has 116 valence electrons. The summed E-state index contributed by atoms with van der Waals surface area (Å²) < 4.78 is 0. The van der Waals surface area contributed by atoms with Gasteiger partial charge in [0.25, 0.3) is 0 Å². The van der Waals surface area contributed by atoms with E-state index in [1.165, 1.54) is 51.7 Å². The van der Waals surface area contributed by atoms with Gasteiger partial charge in [0.15, 0.2) is 0 Å². The zero-order chi connectivity index (χ0) is 14.7. The maximum atomic E-state index is 3.50. The minimum Gasteiger partial charge on any atom is -0.315 e. The first kappa shape index (κ1) is 18.9. The van der Waals surface area contributed by atoms with E-state index >= 15 is 0 Å². The molecule has 0 atom stereocenters. The van der Waals surface area contributed by atoms with Crippen LogP contribution in [0.4, 0.5) is 0 Å². The molecule has 0 rings (SSSR count). The molecule has 2 nitrogen and oxygen atoms in total. The molecular formula is C17H38N2. The van der Waals surface area contributed by atoms with E-state index in [1.54, 1.807) is 0 Å². The Morgan fingerprint density at radius 3 is 2.00 bits per heavy atom. The molecule has 0 aliphatic heterocycles. The highest BCUT2D eigenvalue weighted by Crippen LogP contribution is 2.13. The highest BCUT2D eigenvalue weighted by molar-refractivity contribution is 4.70. The summed E-state index contributed by atoms with van der Waals surface area (Å²) >= 11 is 0. The molecule has 0 aliphatic rings. The third-order valence-corrected chi connectivity index (χ3v) is 3.73. The Labute approximate surface area is 122 Å². The lowest BCUT2D eigenvalue weighted by Gasteiger charge is -2.32. The number of hydrogen-bond acceptors (Lipinski definition) is 2. The second-order valence-corrected chi connectivity index (χ2v) is 6.53. The molecule has 0 aliphatic carbocycles. The molecule has 2 heteroatoms. The lowest BCUT2D eigenvalue weighted by molar-refractivity contribution is 0.162. The lowest BCUT2D eigenvalue weighted by Crippen LogP contribution is -2.38. The number of nitrogens with one attached hydrogen (secondary N) is 1. The van der Waals surface area contributed by atoms with Crippen LogP contribution in [0.1, 0.15) is 73.6 Å². The van der Waals surface area contributed by atoms with Crippen LogP contribution in [0.15, 0.2) is 0 Å². The van der Waals surface area contributed by atoms with Crippen molar-refractivity contribution in [2.75, 3.05) is 19.6 Å². The fourth-order valence-electron chi connectivity index (χ4n) is 2.70. The predicted octanol–water partition coefficient (Wildman–Crippen LogP) is 4.30. The third-order valence-electron chi connectivity index (χ3n) is 3.73. The van der Waals surface area contributed by atoms with Crippen molar-refractivity contribution >= 4 is 0 Å². The van der Waals surface area contributed by atoms with Crippen LogP contribution in [0.2, 0.25) is 0 Å². The van der Waals surface area contributed by atoms with Crippen LogP contribution in [-0.2, 0) is 0 Å². The smallest absolute Gasteiger partial charge is 0.00901 e. The van der Waals surface area contributed by atoms with Crippen molar-refractivity contribution in [3.05, 3.63) is 0 Å². The molecule has 0 fully saturated rings. The average molecular weight is 271 g/mol. The zero-order valence-corrected chi connectivity index (χ0v) is 14.3. The lowest BCUT2D eigenvalue weighted by atomic mass is 10.1. The predicted molar refractivity (Wildman–Crippen MR) is 87.8 cm³/mol. The Bertz CT molecular complexity index is 186. The Morgan fingerprint density at radius 1 is 0.895 bits per heavy atom. The highest BCUT2D eigenvalue weighted by Gasteiger charge is 2.15. The van der Waals surface area contributed by atoms with Gasteiger partial charge in [-0.15, -0.1) is 0 Å². The molecule has 0 bridgehead atoms. The summed E-state index contributed by atoms with van der Waals surface area (Å²) in [6.07, 6.45) is 6.60. The topological polar surface area (TPSA) is 15.3 Å². The van der Waals surface area contributed by atoms with E-state index < -0.39 is 0 Å². The summed E-state index contributed by atoms with van der Waals surface area (Å²) in [5.74, 6) is 0.781. The molecular weight excluding hydrogens is 232 g/mol. The van der Waals surface area contributed by atoms with Gasteiger partial charge in [0, 0.05) is 18.6 Å². The van der Waals surface area contributed by atoms with E-state index in [2.05, 4.69) is 51.8 Å². The van der Waals surface area contributed by atoms with Crippen molar-refractivity contribution in [1.29, 1.82) is 0 Å². The average Bonchev–Trinajstić information content (AvgIpc) is 2.33. The van der Waals surface area contributed by atoms with E-state index in [0.717, 1.165) is 12.0 Å². The summed E-state index contributed by atoms with van der Waals surface area (Å²) in [5.41, 5.74) is 0. The Morgan fingerprint density at radius 2 is 1.53 bits per heavy atom. The van der Waals surface area contributed by atoms with Gasteiger partial charge in [0.1, 0.15) is 0 Å². The summed E-state index contributed by atoms with van der Waals surface area (Å²) in [6, 6.07) is 1.41. The highest BCUT2D eigenvalue weighted by atomic mass is 15.1. The van der Waals surface area contributed by atoms with Crippen LogP contribution in [0.5, 0.6) is 0 Å². The largest absolute Gasteiger partial charge is 0.315 e. The molecule has 0 radical (unpaired) electrons. The van der Waals surface area contributed by atoms with Crippen molar-refractivity contribution in [3.63, 3.8) is 0 Å². The Hall–Kier alpha value is -0.0800. The summed E-state index contributed by atoms with van der Waals surface area (Å²) in [4.78, 5) is 2.72. The maximum absolute atomic E-state index is 3.50. The molecule has 1 N–H and O–H groups in total. The number of hydrogen-bond donors (Lipinski definition) is 1. The van der Waals surface area contributed by atoms with Gasteiger partial charge in [-0.25, -0.2) is 0 Å². The van der Waals surface area contributed by atoms with Crippen LogP contribution in [0.25, 0.3) is 0 Å². The number of nitrogens with zero attached hydrogens (tertiary/aromatic N) is 1. The second-order valence-electron chi connectivity index (χ2n) is 6.53. The normalized spacial score (nSPS) is 12.3. The fourth-order valence-corrected chi connectivity index (χ4v) is 2.70. The van der Waals surface area contributed by atoms with Crippen molar-refractivity contribution in [2.45, 2.75) is 85.7 Å². The zero-order valence-electron chi connectivity index (χ0n) is 14.3. The summed E-state index contributed by atoms with van der Waals surface area (Å²) in [5, 5.41) is 3.50. The number of rotatable bonds is 12. The molecule has 0 aromatic rings. The van der Waals surface area contributed by atoms with Crippen LogP contribution < -0.4 is 5.32 Å². The monoisotopic (exact) mass is 270 g/mol. The van der Waals surface area contributed by atoms with Crippen molar-refractivity contribution in [2.24, 2.45) is 5.92 Å². The third kappa shape index (κ3) is 10.4. The van der Waals surface area contributed by atoms with Crippen LogP contribution in [-0.4, -0.2) is 36.6 Å². The molecule has 0 heterocycles. The van der Waals surface area contributed by atoms with Gasteiger partial charge in [-0.2, -0.15) is 0 Å². The Kier molecular flexibility index (Phi) is 11.7. The first-order valence-corrected chi connectivity index (χ1v) is 8.48. The van der Waals surface area contributed by atoms with E-state index in [4.69, 9.17) is 0 Å². The van der Waals surface area contributed by atoms with E-state index in [1.807, 2.05) is 0 Å². The quantitative estimate of drug-likeness (QED) is 0.532. The molecule has 0 saturated heterocycles. The van der Waals surface area contributed by atoms with Gasteiger partial charge in [-0.05, 0) is 44.7 Å². The van der Waals surface area contributed by atoms with Gasteiger partial charge in [-0.3, -0.25) is 0 Å². The van der Waals surface area contributed by atoms with Crippen molar-refractivity contribution in [3.8, 4) is 0 Å². The van der Waals surface area contributed by atoms with Gasteiger partial charge in [-0.1, -0.05) is 48.0 Å². The number of unbranched alkanes of at least 4 members (excludes halogenated alkanes) is 2. The molecule has 0 unspecified atom stereocenters. The maximum Gasteiger partial charge on any atom is 0.00901 e. The van der Waals surface area contributed by atoms with Crippen LogP contribution in [0, 0.1) is 5.92 Å². The van der Waals surface area contributed by atoms with Gasteiger partial charge < -0.3 is 10.2 Å². The minimum atomic E-state index is 0.627. The molecule has 0 aromatic carbocycles. The molecule has 0 amide bonds. The van der Waals surface area contributed by atoms with Crippen LogP contribution >= 0.6 is 0 Å². The summed E-state index contributed by atoms with van der Waals surface area (Å²) in [6.45, 7) is 17.5. The summed E-state index contributed by atoms with van der Waals surface area (Å²) in [7, 11) is 0. The van der Waals surface area contributed by atoms with E-state index in [0.29, 0.717) is 6.04 Å². The van der Waals surface area contributed by atoms with Gasteiger partial charge >= 0.3 is 0 Å². The van der Waals surface area contributed by atoms with Gasteiger partial charge in [0.2, 0.25) is 0 Å². The van der Waals surface area contributed by atoms with Gasteiger partial charge in [0.05, 0.1) is 0 Å². The minimum absolute atomic E-state index is 0.627. The Balaban J connectivity index is 3.85. The standard InChI is InChI=1S/C17H38N2/c1-7-17(8-2)19(14-15(3)4)13-11-9-10-12-18-16(5)6/h15-18H,7-14H2,1-6H3. The first-order chi connectivity index (χ1) is 9.01. The first-order valence-electron chi connectivity index (χ1n) is 8.48. The fraction of sp³-hybridized carbons (Fsp3) is 1.00. The SMILES string of the molecule is CCC(CC)N(CCCCCNC(C)C)CC(C)C. The van der Waals surface area contributed by atoms with E-state index in [-0.39, 0.29) is 0 Å². The second kappa shape index (κ2) is 11.7. The van der Waals surface area contributed by atoms with E-state index in [9.17, 15) is 0 Å². The van der Waals surface area contributed by atoms with Crippen molar-refractivity contribution in [1.82, 2.24) is 10.2 Å².